The molecule has 1 nitrogen and oxygen atoms in total. The lowest BCUT2D eigenvalue weighted by atomic mass is 9.81. The van der Waals surface area contributed by atoms with Gasteiger partial charge in [0.25, 0.3) is 0 Å². The minimum Gasteiger partial charge on any atom is -0.310 e. The van der Waals surface area contributed by atoms with Crippen LogP contribution in [0.25, 0.3) is 53.6 Å². The van der Waals surface area contributed by atoms with Crippen molar-refractivity contribution in [3.05, 3.63) is 175 Å². The number of benzene rings is 7. The van der Waals surface area contributed by atoms with Gasteiger partial charge in [0.1, 0.15) is 0 Å². The number of anilines is 3. The summed E-state index contributed by atoms with van der Waals surface area (Å²) in [6.45, 7) is 4.69. The summed E-state index contributed by atoms with van der Waals surface area (Å²) in [6, 6.07) is 60.1. The number of thiophene rings is 1. The second-order valence-corrected chi connectivity index (χ2v) is 14.1. The summed E-state index contributed by atoms with van der Waals surface area (Å²) in [5, 5.41) is 2.63. The molecule has 1 aliphatic rings. The average molecular weight is 620 g/mol. The van der Waals surface area contributed by atoms with Gasteiger partial charge in [-0.2, -0.15) is 0 Å². The maximum atomic E-state index is 2.40. The Kier molecular flexibility index (Phi) is 6.41. The van der Waals surface area contributed by atoms with Gasteiger partial charge < -0.3 is 4.90 Å². The fourth-order valence-corrected chi connectivity index (χ4v) is 8.56. The number of hydrogen-bond donors (Lipinski definition) is 0. The van der Waals surface area contributed by atoms with Crippen LogP contribution in [0.15, 0.2) is 164 Å². The smallest absolute Gasteiger partial charge is 0.0476 e. The zero-order valence-corrected chi connectivity index (χ0v) is 27.3. The van der Waals surface area contributed by atoms with Crippen molar-refractivity contribution in [2.75, 3.05) is 4.90 Å². The highest BCUT2D eigenvalue weighted by molar-refractivity contribution is 7.25. The van der Waals surface area contributed by atoms with Crippen LogP contribution in [0.5, 0.6) is 0 Å². The van der Waals surface area contributed by atoms with Crippen molar-refractivity contribution in [2.45, 2.75) is 19.3 Å². The Labute approximate surface area is 280 Å². The molecule has 0 amide bonds. The molecule has 0 atom stereocenters. The molecule has 0 N–H and O–H groups in total. The minimum atomic E-state index is -0.0180. The van der Waals surface area contributed by atoms with Gasteiger partial charge in [-0.1, -0.05) is 129 Å². The molecule has 1 heterocycles. The van der Waals surface area contributed by atoms with E-state index in [1.807, 2.05) is 11.3 Å². The Morgan fingerprint density at radius 1 is 0.404 bits per heavy atom. The van der Waals surface area contributed by atoms with Crippen molar-refractivity contribution in [1.29, 1.82) is 0 Å². The summed E-state index contributed by atoms with van der Waals surface area (Å²) in [6.07, 6.45) is 0. The van der Waals surface area contributed by atoms with E-state index < -0.39 is 0 Å². The first-order valence-electron chi connectivity index (χ1n) is 16.3. The molecule has 7 aromatic carbocycles. The van der Waals surface area contributed by atoms with Crippen LogP contribution in [0.4, 0.5) is 17.1 Å². The van der Waals surface area contributed by atoms with E-state index in [2.05, 4.69) is 183 Å². The first kappa shape index (κ1) is 27.8. The Bertz CT molecular complexity index is 2410. The third-order valence-corrected chi connectivity index (χ3v) is 11.0. The summed E-state index contributed by atoms with van der Waals surface area (Å²) in [5.74, 6) is 0. The van der Waals surface area contributed by atoms with Gasteiger partial charge in [0.05, 0.1) is 0 Å². The van der Waals surface area contributed by atoms with Gasteiger partial charge in [0.15, 0.2) is 0 Å². The molecule has 0 fully saturated rings. The molecular weight excluding hydrogens is 587 g/mol. The zero-order valence-electron chi connectivity index (χ0n) is 26.4. The van der Waals surface area contributed by atoms with Gasteiger partial charge in [-0.15, -0.1) is 11.3 Å². The molecule has 8 aromatic rings. The second kappa shape index (κ2) is 10.8. The highest BCUT2D eigenvalue weighted by Crippen LogP contribution is 2.49. The fraction of sp³-hybridized carbons (Fsp3) is 0.0667. The predicted molar refractivity (Wildman–Crippen MR) is 202 cm³/mol. The van der Waals surface area contributed by atoms with Crippen LogP contribution in [-0.2, 0) is 5.41 Å². The lowest BCUT2D eigenvalue weighted by Gasteiger charge is -2.26. The van der Waals surface area contributed by atoms with E-state index in [1.165, 1.54) is 64.7 Å². The Hall–Kier alpha value is -5.44. The van der Waals surface area contributed by atoms with Crippen LogP contribution in [0, 0.1) is 0 Å². The highest BCUT2D eigenvalue weighted by Gasteiger charge is 2.35. The van der Waals surface area contributed by atoms with Crippen molar-refractivity contribution >= 4 is 48.6 Å². The molecule has 1 aliphatic carbocycles. The van der Waals surface area contributed by atoms with Crippen LogP contribution in [0.1, 0.15) is 25.0 Å². The molecule has 2 heteroatoms. The molecule has 0 aliphatic heterocycles. The molecule has 1 aromatic heterocycles. The highest BCUT2D eigenvalue weighted by atomic mass is 32.1. The van der Waals surface area contributed by atoms with E-state index in [0.717, 1.165) is 17.1 Å². The van der Waals surface area contributed by atoms with E-state index >= 15 is 0 Å². The topological polar surface area (TPSA) is 3.24 Å². The largest absolute Gasteiger partial charge is 0.310 e. The van der Waals surface area contributed by atoms with Gasteiger partial charge in [0, 0.05) is 42.6 Å². The van der Waals surface area contributed by atoms with E-state index in [1.54, 1.807) is 0 Å². The third-order valence-electron chi connectivity index (χ3n) is 9.90. The van der Waals surface area contributed by atoms with Crippen LogP contribution in [-0.4, -0.2) is 0 Å². The number of nitrogens with zero attached hydrogens (tertiary/aromatic N) is 1. The number of hydrogen-bond acceptors (Lipinski definition) is 2. The van der Waals surface area contributed by atoms with Crippen LogP contribution >= 0.6 is 11.3 Å². The maximum absolute atomic E-state index is 2.40. The van der Waals surface area contributed by atoms with Gasteiger partial charge in [-0.05, 0) is 93.0 Å². The minimum absolute atomic E-state index is 0.0180. The third kappa shape index (κ3) is 4.60. The van der Waals surface area contributed by atoms with Gasteiger partial charge in [-0.3, -0.25) is 0 Å². The fourth-order valence-electron chi connectivity index (χ4n) is 7.42. The molecule has 0 radical (unpaired) electrons. The molecule has 0 saturated heterocycles. The SMILES string of the molecule is CC1(C)c2ccccc2-c2ccc(-c3ccc(N(c4ccc(-c5ccccc5)cc4)c4ccc5c(c4)sc4ccccc45)cc3)cc21. The molecule has 0 spiro atoms. The summed E-state index contributed by atoms with van der Waals surface area (Å²) in [4.78, 5) is 2.38. The molecule has 0 unspecified atom stereocenters. The predicted octanol–water partition coefficient (Wildman–Crippen LogP) is 13.2. The quantitative estimate of drug-likeness (QED) is 0.185. The van der Waals surface area contributed by atoms with Crippen molar-refractivity contribution in [3.63, 3.8) is 0 Å². The van der Waals surface area contributed by atoms with Crippen molar-refractivity contribution in [1.82, 2.24) is 0 Å². The summed E-state index contributed by atoms with van der Waals surface area (Å²) >= 11 is 1.86. The Balaban J connectivity index is 1.12. The molecule has 47 heavy (non-hydrogen) atoms. The lowest BCUT2D eigenvalue weighted by Crippen LogP contribution is -2.14. The van der Waals surface area contributed by atoms with Crippen molar-refractivity contribution in [3.8, 4) is 33.4 Å². The van der Waals surface area contributed by atoms with Crippen LogP contribution in [0.2, 0.25) is 0 Å². The van der Waals surface area contributed by atoms with Gasteiger partial charge in [-0.25, -0.2) is 0 Å². The van der Waals surface area contributed by atoms with E-state index in [0.29, 0.717) is 0 Å². The molecule has 9 rings (SSSR count). The average Bonchev–Trinajstić information content (AvgIpc) is 3.61. The van der Waals surface area contributed by atoms with Crippen molar-refractivity contribution < 1.29 is 0 Å². The first-order chi connectivity index (χ1) is 23.0. The maximum Gasteiger partial charge on any atom is 0.0476 e. The van der Waals surface area contributed by atoms with Crippen molar-refractivity contribution in [2.24, 2.45) is 0 Å². The Morgan fingerprint density at radius 3 is 1.72 bits per heavy atom. The standard InChI is InChI=1S/C45H33NS/c1-45(2)41-14-8-6-12-37(41)38-26-20-33(28-42(38)45)32-18-23-35(24-19-32)46(34-21-16-31(17-22-34)30-10-4-3-5-11-30)36-25-27-40-39-13-7-9-15-43(39)47-44(40)29-36/h3-29H,1-2H3. The summed E-state index contributed by atoms with van der Waals surface area (Å²) in [5.41, 5.74) is 13.8. The summed E-state index contributed by atoms with van der Waals surface area (Å²) in [7, 11) is 0. The van der Waals surface area contributed by atoms with Gasteiger partial charge >= 0.3 is 0 Å². The zero-order chi connectivity index (χ0) is 31.5. The van der Waals surface area contributed by atoms with E-state index in [4.69, 9.17) is 0 Å². The molecule has 224 valence electrons. The van der Waals surface area contributed by atoms with Crippen LogP contribution in [0.3, 0.4) is 0 Å². The summed E-state index contributed by atoms with van der Waals surface area (Å²) < 4.78 is 2.62. The lowest BCUT2D eigenvalue weighted by molar-refractivity contribution is 0.660. The number of rotatable bonds is 5. The molecule has 0 bridgehead atoms. The van der Waals surface area contributed by atoms with Crippen LogP contribution < -0.4 is 4.90 Å². The number of fused-ring (bicyclic) bond motifs is 6. The van der Waals surface area contributed by atoms with Gasteiger partial charge in [0.2, 0.25) is 0 Å². The Morgan fingerprint density at radius 2 is 0.957 bits per heavy atom. The molecule has 0 saturated carbocycles. The van der Waals surface area contributed by atoms with E-state index in [-0.39, 0.29) is 5.41 Å². The second-order valence-electron chi connectivity index (χ2n) is 13.0. The monoisotopic (exact) mass is 619 g/mol. The van der Waals surface area contributed by atoms with E-state index in [9.17, 15) is 0 Å². The normalized spacial score (nSPS) is 13.1. The first-order valence-corrected chi connectivity index (χ1v) is 17.1. The molecular formula is C45H33NS.